The Morgan fingerprint density at radius 1 is 1.12 bits per heavy atom. The molecule has 25 heavy (non-hydrogen) atoms. The molecule has 1 aliphatic carbocycles. The van der Waals surface area contributed by atoms with Crippen LogP contribution >= 0.6 is 0 Å². The summed E-state index contributed by atoms with van der Waals surface area (Å²) in [6.07, 6.45) is 1.47. The Bertz CT molecular complexity index is 555. The molecule has 0 atom stereocenters. The Balaban J connectivity index is 3.02. The van der Waals surface area contributed by atoms with Crippen LogP contribution in [0.2, 0.25) is 0 Å². The molecule has 0 unspecified atom stereocenters. The van der Waals surface area contributed by atoms with E-state index in [1.54, 1.807) is 20.8 Å². The van der Waals surface area contributed by atoms with Crippen LogP contribution in [0.5, 0.6) is 0 Å². The van der Waals surface area contributed by atoms with Gasteiger partial charge in [0.2, 0.25) is 0 Å². The first-order valence-corrected chi connectivity index (χ1v) is 8.63. The maximum atomic E-state index is 12.4. The number of amides is 1. The summed E-state index contributed by atoms with van der Waals surface area (Å²) in [7, 11) is 0. The SMILES string of the molecule is CC(C)(C)CN(C=C1C(=O)CC(C)(C)CC1=O)NC(=O)OC(C)(C)C. The summed E-state index contributed by atoms with van der Waals surface area (Å²) in [6.45, 7) is 15.6. The predicted molar refractivity (Wildman–Crippen MR) is 96.6 cm³/mol. The van der Waals surface area contributed by atoms with Gasteiger partial charge in [0.05, 0.1) is 5.57 Å². The molecule has 0 aromatic carbocycles. The van der Waals surface area contributed by atoms with Gasteiger partial charge in [0.25, 0.3) is 0 Å². The van der Waals surface area contributed by atoms with E-state index in [-0.39, 0.29) is 28.0 Å². The minimum Gasteiger partial charge on any atom is -0.443 e. The van der Waals surface area contributed by atoms with Gasteiger partial charge < -0.3 is 4.74 Å². The number of nitrogens with one attached hydrogen (secondary N) is 1. The molecule has 1 fully saturated rings. The first-order valence-electron chi connectivity index (χ1n) is 8.63. The van der Waals surface area contributed by atoms with E-state index in [9.17, 15) is 14.4 Å². The second-order valence-electron chi connectivity index (χ2n) is 9.71. The molecule has 1 amide bonds. The minimum atomic E-state index is -0.634. The van der Waals surface area contributed by atoms with Crippen molar-refractivity contribution in [3.8, 4) is 0 Å². The number of hydrogen-bond donors (Lipinski definition) is 1. The first kappa shape index (κ1) is 21.2. The second kappa shape index (κ2) is 7.18. The highest BCUT2D eigenvalue weighted by molar-refractivity contribution is 6.22. The molecule has 0 bridgehead atoms. The lowest BCUT2D eigenvalue weighted by Crippen LogP contribution is -2.46. The highest BCUT2D eigenvalue weighted by atomic mass is 16.6. The topological polar surface area (TPSA) is 75.7 Å². The van der Waals surface area contributed by atoms with E-state index in [2.05, 4.69) is 5.43 Å². The minimum absolute atomic E-state index is 0.139. The zero-order valence-corrected chi connectivity index (χ0v) is 16.8. The Morgan fingerprint density at radius 2 is 1.60 bits per heavy atom. The summed E-state index contributed by atoms with van der Waals surface area (Å²) in [5.41, 5.74) is 1.65. The quantitative estimate of drug-likeness (QED) is 0.477. The number of hydrogen-bond acceptors (Lipinski definition) is 5. The van der Waals surface area contributed by atoms with Gasteiger partial charge in [-0.05, 0) is 31.6 Å². The van der Waals surface area contributed by atoms with Crippen molar-refractivity contribution in [2.75, 3.05) is 6.54 Å². The van der Waals surface area contributed by atoms with Gasteiger partial charge in [-0.2, -0.15) is 0 Å². The van der Waals surface area contributed by atoms with E-state index in [1.165, 1.54) is 11.2 Å². The first-order chi connectivity index (χ1) is 11.1. The molecule has 6 nitrogen and oxygen atoms in total. The van der Waals surface area contributed by atoms with Crippen LogP contribution < -0.4 is 5.43 Å². The molecule has 1 rings (SSSR count). The monoisotopic (exact) mass is 352 g/mol. The second-order valence-corrected chi connectivity index (χ2v) is 9.71. The number of allylic oxidation sites excluding steroid dienone is 1. The number of carbonyl (C=O) groups is 3. The van der Waals surface area contributed by atoms with Gasteiger partial charge in [0, 0.05) is 25.6 Å². The lowest BCUT2D eigenvalue weighted by Gasteiger charge is -2.33. The summed E-state index contributed by atoms with van der Waals surface area (Å²) in [5.74, 6) is -0.378. The zero-order valence-electron chi connectivity index (χ0n) is 16.8. The third-order valence-electron chi connectivity index (χ3n) is 3.44. The maximum Gasteiger partial charge on any atom is 0.426 e. The van der Waals surface area contributed by atoms with Crippen LogP contribution in [0.15, 0.2) is 11.8 Å². The number of Topliss-reactive ketones (excluding diaryl/α,β-unsaturated/α-hetero) is 2. The standard InChI is InChI=1S/C19H32N2O4/c1-17(2,3)12-21(20-16(24)25-18(4,5)6)11-13-14(22)9-19(7,8)10-15(13)23/h11H,9-10,12H2,1-8H3,(H,20,24). The summed E-state index contributed by atoms with van der Waals surface area (Å²) in [6, 6.07) is 0. The van der Waals surface area contributed by atoms with Crippen LogP contribution in [-0.4, -0.2) is 34.8 Å². The van der Waals surface area contributed by atoms with Gasteiger partial charge >= 0.3 is 6.09 Å². The largest absolute Gasteiger partial charge is 0.443 e. The number of ketones is 2. The summed E-state index contributed by atoms with van der Waals surface area (Å²) >= 11 is 0. The fraction of sp³-hybridized carbons (Fsp3) is 0.737. The molecule has 0 heterocycles. The number of carbonyl (C=O) groups excluding carboxylic acids is 3. The average Bonchev–Trinajstić information content (AvgIpc) is 2.27. The van der Waals surface area contributed by atoms with Gasteiger partial charge in [0.15, 0.2) is 11.6 Å². The Labute approximate surface area is 150 Å². The van der Waals surface area contributed by atoms with Crippen molar-refractivity contribution >= 4 is 17.7 Å². The lowest BCUT2D eigenvalue weighted by molar-refractivity contribution is -0.127. The van der Waals surface area contributed by atoms with Crippen molar-refractivity contribution in [2.45, 2.75) is 73.8 Å². The summed E-state index contributed by atoms with van der Waals surface area (Å²) in [5, 5.41) is 1.48. The number of nitrogens with zero attached hydrogens (tertiary/aromatic N) is 1. The van der Waals surface area contributed by atoms with Crippen molar-refractivity contribution in [1.82, 2.24) is 10.4 Å². The van der Waals surface area contributed by atoms with E-state index < -0.39 is 11.7 Å². The fourth-order valence-corrected chi connectivity index (χ4v) is 2.62. The maximum absolute atomic E-state index is 12.4. The van der Waals surface area contributed by atoms with Gasteiger partial charge in [-0.1, -0.05) is 34.6 Å². The molecule has 1 saturated carbocycles. The van der Waals surface area contributed by atoms with Gasteiger partial charge in [-0.25, -0.2) is 10.2 Å². The zero-order chi connectivity index (χ0) is 19.6. The lowest BCUT2D eigenvalue weighted by atomic mass is 9.74. The Hall–Kier alpha value is -1.85. The molecule has 1 aliphatic rings. The molecule has 0 aromatic rings. The van der Waals surface area contributed by atoms with Crippen LogP contribution in [-0.2, 0) is 14.3 Å². The summed E-state index contributed by atoms with van der Waals surface area (Å²) < 4.78 is 5.27. The van der Waals surface area contributed by atoms with Crippen LogP contribution in [0.4, 0.5) is 4.79 Å². The van der Waals surface area contributed by atoms with Crippen molar-refractivity contribution < 1.29 is 19.1 Å². The fourth-order valence-electron chi connectivity index (χ4n) is 2.62. The van der Waals surface area contributed by atoms with Crippen molar-refractivity contribution in [3.05, 3.63) is 11.8 Å². The third kappa shape index (κ3) is 7.71. The molecule has 0 saturated heterocycles. The van der Waals surface area contributed by atoms with E-state index in [0.717, 1.165) is 0 Å². The van der Waals surface area contributed by atoms with E-state index in [4.69, 9.17) is 4.74 Å². The van der Waals surface area contributed by atoms with Gasteiger partial charge in [0.1, 0.15) is 5.60 Å². The van der Waals surface area contributed by atoms with Crippen molar-refractivity contribution in [2.24, 2.45) is 10.8 Å². The normalized spacial score (nSPS) is 18.0. The van der Waals surface area contributed by atoms with E-state index >= 15 is 0 Å². The summed E-state index contributed by atoms with van der Waals surface area (Å²) in [4.78, 5) is 36.8. The molecule has 1 N–H and O–H groups in total. The van der Waals surface area contributed by atoms with Gasteiger partial charge in [-0.3, -0.25) is 14.6 Å². The Kier molecular flexibility index (Phi) is 6.09. The van der Waals surface area contributed by atoms with Crippen LogP contribution in [0.3, 0.4) is 0 Å². The number of ether oxygens (including phenoxy) is 1. The van der Waals surface area contributed by atoms with E-state index in [1.807, 2.05) is 34.6 Å². The molecule has 0 aromatic heterocycles. The Morgan fingerprint density at radius 3 is 2.00 bits per heavy atom. The molecule has 6 heteroatoms. The van der Waals surface area contributed by atoms with Crippen LogP contribution in [0.25, 0.3) is 0 Å². The highest BCUT2D eigenvalue weighted by Gasteiger charge is 2.36. The van der Waals surface area contributed by atoms with E-state index in [0.29, 0.717) is 19.4 Å². The number of hydrazine groups is 1. The molecule has 0 radical (unpaired) electrons. The third-order valence-corrected chi connectivity index (χ3v) is 3.44. The molecular weight excluding hydrogens is 320 g/mol. The number of rotatable bonds is 3. The smallest absolute Gasteiger partial charge is 0.426 e. The van der Waals surface area contributed by atoms with Crippen LogP contribution in [0, 0.1) is 10.8 Å². The van der Waals surface area contributed by atoms with Crippen LogP contribution in [0.1, 0.15) is 68.2 Å². The predicted octanol–water partition coefficient (Wildman–Crippen LogP) is 3.62. The highest BCUT2D eigenvalue weighted by Crippen LogP contribution is 2.33. The molecule has 142 valence electrons. The molecule has 0 aliphatic heterocycles. The van der Waals surface area contributed by atoms with Crippen molar-refractivity contribution in [3.63, 3.8) is 0 Å². The average molecular weight is 352 g/mol. The van der Waals surface area contributed by atoms with Crippen molar-refractivity contribution in [1.29, 1.82) is 0 Å². The molecule has 0 spiro atoms. The van der Waals surface area contributed by atoms with Gasteiger partial charge in [-0.15, -0.1) is 0 Å². The molecular formula is C19H32N2O4.